The molecular weight excluding hydrogens is 420 g/mol. The van der Waals surface area contributed by atoms with E-state index < -0.39 is 29.6 Å². The van der Waals surface area contributed by atoms with E-state index in [0.29, 0.717) is 12.8 Å². The second kappa shape index (κ2) is 9.25. The summed E-state index contributed by atoms with van der Waals surface area (Å²) >= 11 is 0. The van der Waals surface area contributed by atoms with E-state index in [-0.39, 0.29) is 24.9 Å². The number of hydrogen-bond donors (Lipinski definition) is 3. The number of benzene rings is 2. The molecule has 0 aliphatic heterocycles. The van der Waals surface area contributed by atoms with Crippen LogP contribution in [0.2, 0.25) is 0 Å². The first-order chi connectivity index (χ1) is 15.8. The van der Waals surface area contributed by atoms with Gasteiger partial charge in [-0.1, -0.05) is 48.5 Å². The van der Waals surface area contributed by atoms with Gasteiger partial charge >= 0.3 is 12.1 Å². The number of carboxylic acid groups (broad SMARTS) is 1. The number of carboxylic acids is 1. The van der Waals surface area contributed by atoms with E-state index in [1.54, 1.807) is 13.8 Å². The molecule has 0 heterocycles. The van der Waals surface area contributed by atoms with Crippen molar-refractivity contribution in [2.24, 2.45) is 5.92 Å². The van der Waals surface area contributed by atoms with E-state index in [1.165, 1.54) is 11.1 Å². The molecule has 2 aromatic carbocycles. The van der Waals surface area contributed by atoms with Crippen molar-refractivity contribution in [1.29, 1.82) is 0 Å². The highest BCUT2D eigenvalue weighted by Gasteiger charge is 2.41. The Labute approximate surface area is 193 Å². The molecule has 2 aliphatic rings. The van der Waals surface area contributed by atoms with Crippen molar-refractivity contribution in [2.45, 2.75) is 57.0 Å². The lowest BCUT2D eigenvalue weighted by Crippen LogP contribution is -2.56. The average molecular weight is 451 g/mol. The van der Waals surface area contributed by atoms with Gasteiger partial charge in [0.05, 0.1) is 11.5 Å². The highest BCUT2D eigenvalue weighted by molar-refractivity contribution is 5.81. The predicted molar refractivity (Wildman–Crippen MR) is 124 cm³/mol. The molecule has 2 atom stereocenters. The van der Waals surface area contributed by atoms with E-state index in [0.717, 1.165) is 17.5 Å². The Morgan fingerprint density at radius 3 is 2.12 bits per heavy atom. The van der Waals surface area contributed by atoms with Crippen molar-refractivity contribution < 1.29 is 24.2 Å². The molecular formula is C26H30N2O5. The van der Waals surface area contributed by atoms with Crippen LogP contribution in [0.25, 0.3) is 11.1 Å². The Hall–Kier alpha value is -3.35. The maximum Gasteiger partial charge on any atom is 0.407 e. The first-order valence-electron chi connectivity index (χ1n) is 11.4. The van der Waals surface area contributed by atoms with Gasteiger partial charge in [0.1, 0.15) is 6.61 Å². The van der Waals surface area contributed by atoms with Crippen LogP contribution in [-0.4, -0.2) is 41.3 Å². The number of amides is 2. The molecule has 0 radical (unpaired) electrons. The summed E-state index contributed by atoms with van der Waals surface area (Å²) in [6.45, 7) is 3.44. The minimum Gasteiger partial charge on any atom is -0.481 e. The molecule has 0 spiro atoms. The molecule has 0 aromatic heterocycles. The quantitative estimate of drug-likeness (QED) is 0.563. The highest BCUT2D eigenvalue weighted by Crippen LogP contribution is 2.44. The van der Waals surface area contributed by atoms with Crippen molar-refractivity contribution in [3.05, 3.63) is 59.7 Å². The smallest absolute Gasteiger partial charge is 0.407 e. The first-order valence-corrected chi connectivity index (χ1v) is 11.4. The molecule has 2 unspecified atom stereocenters. The van der Waals surface area contributed by atoms with Crippen LogP contribution in [0, 0.1) is 5.92 Å². The zero-order valence-corrected chi connectivity index (χ0v) is 19.0. The molecule has 2 aromatic rings. The molecule has 1 fully saturated rings. The molecule has 2 aliphatic carbocycles. The fourth-order valence-corrected chi connectivity index (χ4v) is 4.75. The van der Waals surface area contributed by atoms with Crippen LogP contribution in [0.5, 0.6) is 0 Å². The summed E-state index contributed by atoms with van der Waals surface area (Å²) in [6, 6.07) is 15.8. The number of alkyl carbamates (subject to hydrolysis) is 1. The van der Waals surface area contributed by atoms with Gasteiger partial charge in [-0.3, -0.25) is 9.59 Å². The third kappa shape index (κ3) is 4.72. The maximum absolute atomic E-state index is 12.7. The van der Waals surface area contributed by atoms with Crippen molar-refractivity contribution in [1.82, 2.24) is 10.6 Å². The predicted octanol–water partition coefficient (Wildman–Crippen LogP) is 4.06. The molecule has 33 heavy (non-hydrogen) atoms. The Balaban J connectivity index is 1.36. The van der Waals surface area contributed by atoms with E-state index >= 15 is 0 Å². The Morgan fingerprint density at radius 1 is 1.03 bits per heavy atom. The highest BCUT2D eigenvalue weighted by atomic mass is 16.5. The summed E-state index contributed by atoms with van der Waals surface area (Å²) in [5, 5.41) is 14.8. The van der Waals surface area contributed by atoms with Gasteiger partial charge in [0, 0.05) is 18.4 Å². The van der Waals surface area contributed by atoms with Crippen LogP contribution in [0.1, 0.15) is 56.6 Å². The van der Waals surface area contributed by atoms with Crippen LogP contribution in [0.15, 0.2) is 48.5 Å². The number of hydrogen-bond acceptors (Lipinski definition) is 4. The van der Waals surface area contributed by atoms with Gasteiger partial charge in [-0.05, 0) is 55.4 Å². The molecule has 0 saturated heterocycles. The van der Waals surface area contributed by atoms with Crippen molar-refractivity contribution >= 4 is 18.0 Å². The second-order valence-electron chi connectivity index (χ2n) is 9.24. The van der Waals surface area contributed by atoms with Crippen molar-refractivity contribution in [2.75, 3.05) is 6.61 Å². The molecule has 1 saturated carbocycles. The fourth-order valence-electron chi connectivity index (χ4n) is 4.75. The number of rotatable bonds is 8. The van der Waals surface area contributed by atoms with Crippen molar-refractivity contribution in [3.8, 4) is 11.1 Å². The minimum absolute atomic E-state index is 0.0258. The summed E-state index contributed by atoms with van der Waals surface area (Å²) in [6.07, 6.45) is 1.86. The van der Waals surface area contributed by atoms with E-state index in [4.69, 9.17) is 9.84 Å². The summed E-state index contributed by atoms with van der Waals surface area (Å²) < 4.78 is 5.64. The number of ether oxygens (including phenoxy) is 1. The number of carbonyl (C=O) groups excluding carboxylic acids is 2. The normalized spacial score (nSPS) is 17.6. The van der Waals surface area contributed by atoms with Gasteiger partial charge in [0.15, 0.2) is 0 Å². The second-order valence-corrected chi connectivity index (χ2v) is 9.24. The standard InChI is InChI=1S/C26H30N2O5/c1-16(24(30)31)17(2)27-23(29)14-26(12-7-13-26)28-25(32)33-15-22-20-10-5-3-8-18(20)19-9-4-6-11-21(19)22/h3-6,8-11,16-17,22H,7,12-15H2,1-2H3,(H,27,29)(H,28,32)(H,30,31). The summed E-state index contributed by atoms with van der Waals surface area (Å²) in [7, 11) is 0. The van der Waals surface area contributed by atoms with Gasteiger partial charge in [0.25, 0.3) is 0 Å². The Bertz CT molecular complexity index is 1020. The molecule has 7 nitrogen and oxygen atoms in total. The zero-order chi connectivity index (χ0) is 23.6. The molecule has 174 valence electrons. The monoisotopic (exact) mass is 450 g/mol. The summed E-state index contributed by atoms with van der Waals surface area (Å²) in [5.41, 5.74) is 3.98. The summed E-state index contributed by atoms with van der Waals surface area (Å²) in [5.74, 6) is -1.95. The largest absolute Gasteiger partial charge is 0.481 e. The fraction of sp³-hybridized carbons (Fsp3) is 0.423. The topological polar surface area (TPSA) is 105 Å². The number of nitrogens with one attached hydrogen (secondary N) is 2. The third-order valence-electron chi connectivity index (χ3n) is 7.05. The van der Waals surface area contributed by atoms with Gasteiger partial charge in [-0.15, -0.1) is 0 Å². The van der Waals surface area contributed by atoms with Gasteiger partial charge in [-0.2, -0.15) is 0 Å². The van der Waals surface area contributed by atoms with E-state index in [9.17, 15) is 14.4 Å². The Morgan fingerprint density at radius 2 is 1.61 bits per heavy atom. The van der Waals surface area contributed by atoms with Gasteiger partial charge < -0.3 is 20.5 Å². The molecule has 7 heteroatoms. The van der Waals surface area contributed by atoms with Crippen LogP contribution in [0.3, 0.4) is 0 Å². The van der Waals surface area contributed by atoms with Gasteiger partial charge in [0.2, 0.25) is 5.91 Å². The van der Waals surface area contributed by atoms with Crippen LogP contribution in [0.4, 0.5) is 4.79 Å². The van der Waals surface area contributed by atoms with E-state index in [2.05, 4.69) is 34.9 Å². The van der Waals surface area contributed by atoms with Crippen LogP contribution < -0.4 is 10.6 Å². The summed E-state index contributed by atoms with van der Waals surface area (Å²) in [4.78, 5) is 36.3. The molecule has 0 bridgehead atoms. The number of aliphatic carboxylic acids is 1. The lowest BCUT2D eigenvalue weighted by atomic mass is 9.74. The van der Waals surface area contributed by atoms with Crippen molar-refractivity contribution in [3.63, 3.8) is 0 Å². The van der Waals surface area contributed by atoms with Gasteiger partial charge in [-0.25, -0.2) is 4.79 Å². The first kappa shape index (κ1) is 22.8. The lowest BCUT2D eigenvalue weighted by molar-refractivity contribution is -0.142. The van der Waals surface area contributed by atoms with Crippen LogP contribution >= 0.6 is 0 Å². The van der Waals surface area contributed by atoms with E-state index in [1.807, 2.05) is 24.3 Å². The average Bonchev–Trinajstić information content (AvgIpc) is 3.09. The zero-order valence-electron chi connectivity index (χ0n) is 19.0. The van der Waals surface area contributed by atoms with Crippen LogP contribution in [-0.2, 0) is 14.3 Å². The minimum atomic E-state index is -0.960. The SMILES string of the molecule is CC(NC(=O)CC1(NC(=O)OCC2c3ccccc3-c3ccccc32)CCC1)C(C)C(=O)O. The number of fused-ring (bicyclic) bond motifs is 3. The molecule has 2 amide bonds. The maximum atomic E-state index is 12.7. The number of carbonyl (C=O) groups is 3. The molecule has 4 rings (SSSR count). The molecule has 3 N–H and O–H groups in total. The third-order valence-corrected chi connectivity index (χ3v) is 7.05. The Kier molecular flexibility index (Phi) is 6.40. The lowest BCUT2D eigenvalue weighted by Gasteiger charge is -2.42.